The Hall–Kier alpha value is -2.44. The molecule has 6 nitrogen and oxygen atoms in total. The molecule has 0 atom stereocenters. The summed E-state index contributed by atoms with van der Waals surface area (Å²) in [5, 5.41) is 3.76. The van der Waals surface area contributed by atoms with E-state index in [0.717, 1.165) is 18.8 Å². The van der Waals surface area contributed by atoms with E-state index in [4.69, 9.17) is 27.9 Å². The van der Waals surface area contributed by atoms with Crippen LogP contribution in [0, 0.1) is 0 Å². The number of hydrogen-bond donors (Lipinski definition) is 1. The standard InChI is InChI=1S/C20H21Cl2N3O3/c1-14(26)24-8-10-25(11-9-24)18-7-6-15(12-17(18)22)23-20(27)13-28-19-5-3-2-4-16(19)21/h2-7,12H,8-11,13H2,1H3,(H,23,27). The molecule has 2 amide bonds. The van der Waals surface area contributed by atoms with Gasteiger partial charge in [0.1, 0.15) is 5.75 Å². The number of amides is 2. The molecule has 0 bridgehead atoms. The van der Waals surface area contributed by atoms with Crippen molar-refractivity contribution >= 4 is 46.4 Å². The summed E-state index contributed by atoms with van der Waals surface area (Å²) >= 11 is 12.4. The van der Waals surface area contributed by atoms with Gasteiger partial charge in [0.15, 0.2) is 6.61 Å². The number of ether oxygens (including phenoxy) is 1. The first-order valence-corrected chi connectivity index (χ1v) is 9.67. The third kappa shape index (κ3) is 5.09. The highest BCUT2D eigenvalue weighted by molar-refractivity contribution is 6.33. The molecule has 0 radical (unpaired) electrons. The highest BCUT2D eigenvalue weighted by atomic mass is 35.5. The predicted octanol–water partition coefficient (Wildman–Crippen LogP) is 3.68. The summed E-state index contributed by atoms with van der Waals surface area (Å²) in [5.74, 6) is 0.235. The average Bonchev–Trinajstić information content (AvgIpc) is 2.67. The maximum atomic E-state index is 12.1. The summed E-state index contributed by atoms with van der Waals surface area (Å²) in [6.45, 7) is 4.20. The molecule has 1 aliphatic heterocycles. The zero-order chi connectivity index (χ0) is 20.1. The lowest BCUT2D eigenvalue weighted by Crippen LogP contribution is -2.48. The van der Waals surface area contributed by atoms with Crippen LogP contribution in [0.15, 0.2) is 42.5 Å². The number of benzene rings is 2. The first-order valence-electron chi connectivity index (χ1n) is 8.91. The van der Waals surface area contributed by atoms with Crippen molar-refractivity contribution in [3.63, 3.8) is 0 Å². The largest absolute Gasteiger partial charge is 0.482 e. The topological polar surface area (TPSA) is 61.9 Å². The molecule has 1 heterocycles. The quantitative estimate of drug-likeness (QED) is 0.799. The molecule has 1 N–H and O–H groups in total. The summed E-state index contributed by atoms with van der Waals surface area (Å²) in [6, 6.07) is 12.4. The van der Waals surface area contributed by atoms with Crippen LogP contribution < -0.4 is 15.0 Å². The van der Waals surface area contributed by atoms with Crippen LogP contribution in [0.25, 0.3) is 0 Å². The molecular weight excluding hydrogens is 401 g/mol. The minimum atomic E-state index is -0.307. The van der Waals surface area contributed by atoms with Crippen molar-refractivity contribution in [3.05, 3.63) is 52.5 Å². The van der Waals surface area contributed by atoms with E-state index in [1.54, 1.807) is 43.3 Å². The van der Waals surface area contributed by atoms with Gasteiger partial charge in [-0.05, 0) is 30.3 Å². The molecule has 2 aromatic carbocycles. The summed E-state index contributed by atoms with van der Waals surface area (Å²) in [4.78, 5) is 27.5. The minimum Gasteiger partial charge on any atom is -0.482 e. The molecule has 0 aromatic heterocycles. The summed E-state index contributed by atoms with van der Waals surface area (Å²) in [5.41, 5.74) is 1.47. The summed E-state index contributed by atoms with van der Waals surface area (Å²) in [6.07, 6.45) is 0. The van der Waals surface area contributed by atoms with Crippen molar-refractivity contribution in [3.8, 4) is 5.75 Å². The van der Waals surface area contributed by atoms with Gasteiger partial charge in [0.25, 0.3) is 5.91 Å². The van der Waals surface area contributed by atoms with Crippen molar-refractivity contribution < 1.29 is 14.3 Å². The molecule has 28 heavy (non-hydrogen) atoms. The molecule has 2 aromatic rings. The van der Waals surface area contributed by atoms with Crippen molar-refractivity contribution in [1.82, 2.24) is 4.90 Å². The molecule has 0 saturated carbocycles. The summed E-state index contributed by atoms with van der Waals surface area (Å²) in [7, 11) is 0. The van der Waals surface area contributed by atoms with Gasteiger partial charge in [-0.3, -0.25) is 9.59 Å². The number of halogens is 2. The maximum absolute atomic E-state index is 12.1. The van der Waals surface area contributed by atoms with Crippen molar-refractivity contribution in [2.24, 2.45) is 0 Å². The smallest absolute Gasteiger partial charge is 0.262 e. The molecule has 0 spiro atoms. The number of hydrogen-bond acceptors (Lipinski definition) is 4. The van der Waals surface area contributed by atoms with Crippen LogP contribution in [0.3, 0.4) is 0 Å². The van der Waals surface area contributed by atoms with Gasteiger partial charge in [-0.25, -0.2) is 0 Å². The van der Waals surface area contributed by atoms with Gasteiger partial charge in [-0.2, -0.15) is 0 Å². The van der Waals surface area contributed by atoms with Gasteiger partial charge in [-0.15, -0.1) is 0 Å². The second-order valence-corrected chi connectivity index (χ2v) is 7.24. The number of anilines is 2. The van der Waals surface area contributed by atoms with Gasteiger partial charge in [0.2, 0.25) is 5.91 Å². The molecule has 1 fully saturated rings. The number of para-hydroxylation sites is 1. The van der Waals surface area contributed by atoms with Crippen LogP contribution in [0.4, 0.5) is 11.4 Å². The maximum Gasteiger partial charge on any atom is 0.262 e. The Morgan fingerprint density at radius 3 is 2.39 bits per heavy atom. The van der Waals surface area contributed by atoms with E-state index >= 15 is 0 Å². The Labute approximate surface area is 174 Å². The summed E-state index contributed by atoms with van der Waals surface area (Å²) < 4.78 is 5.43. The van der Waals surface area contributed by atoms with Gasteiger partial charge in [0, 0.05) is 38.8 Å². The second-order valence-electron chi connectivity index (χ2n) is 6.43. The number of rotatable bonds is 5. The van der Waals surface area contributed by atoms with E-state index in [2.05, 4.69) is 10.2 Å². The molecule has 8 heteroatoms. The van der Waals surface area contributed by atoms with E-state index in [9.17, 15) is 9.59 Å². The minimum absolute atomic E-state index is 0.0859. The fourth-order valence-corrected chi connectivity index (χ4v) is 3.50. The number of piperazine rings is 1. The van der Waals surface area contributed by atoms with E-state index in [0.29, 0.717) is 34.6 Å². The number of nitrogens with one attached hydrogen (secondary N) is 1. The second kappa shape index (κ2) is 9.17. The molecule has 1 aliphatic rings. The Morgan fingerprint density at radius 2 is 1.75 bits per heavy atom. The number of nitrogens with zero attached hydrogens (tertiary/aromatic N) is 2. The first-order chi connectivity index (χ1) is 13.4. The van der Waals surface area contributed by atoms with Crippen LogP contribution in [-0.2, 0) is 9.59 Å². The van der Waals surface area contributed by atoms with Crippen molar-refractivity contribution in [1.29, 1.82) is 0 Å². The lowest BCUT2D eigenvalue weighted by molar-refractivity contribution is -0.129. The Balaban J connectivity index is 1.56. The van der Waals surface area contributed by atoms with Crippen molar-refractivity contribution in [2.45, 2.75) is 6.92 Å². The Bertz CT molecular complexity index is 868. The van der Waals surface area contributed by atoms with Gasteiger partial charge < -0.3 is 19.9 Å². The lowest BCUT2D eigenvalue weighted by Gasteiger charge is -2.36. The molecular formula is C20H21Cl2N3O3. The molecule has 0 aliphatic carbocycles. The van der Waals surface area contributed by atoms with Gasteiger partial charge in [-0.1, -0.05) is 35.3 Å². The van der Waals surface area contributed by atoms with Crippen LogP contribution in [0.1, 0.15) is 6.92 Å². The highest BCUT2D eigenvalue weighted by Gasteiger charge is 2.20. The highest BCUT2D eigenvalue weighted by Crippen LogP contribution is 2.30. The molecule has 148 valence electrons. The fraction of sp³-hybridized carbons (Fsp3) is 0.300. The van der Waals surface area contributed by atoms with E-state index < -0.39 is 0 Å². The predicted molar refractivity (Wildman–Crippen MR) is 111 cm³/mol. The monoisotopic (exact) mass is 421 g/mol. The van der Waals surface area contributed by atoms with Crippen LogP contribution >= 0.6 is 23.2 Å². The lowest BCUT2D eigenvalue weighted by atomic mass is 10.2. The van der Waals surface area contributed by atoms with Gasteiger partial charge in [0.05, 0.1) is 15.7 Å². The number of carbonyl (C=O) groups excluding carboxylic acids is 2. The van der Waals surface area contributed by atoms with Crippen LogP contribution in [0.5, 0.6) is 5.75 Å². The zero-order valence-corrected chi connectivity index (χ0v) is 17.0. The Kier molecular flexibility index (Phi) is 6.65. The molecule has 0 unspecified atom stereocenters. The third-order valence-electron chi connectivity index (χ3n) is 4.49. The molecule has 1 saturated heterocycles. The van der Waals surface area contributed by atoms with E-state index in [1.807, 2.05) is 11.0 Å². The number of carbonyl (C=O) groups is 2. The van der Waals surface area contributed by atoms with Gasteiger partial charge >= 0.3 is 0 Å². The van der Waals surface area contributed by atoms with Crippen LogP contribution in [0.2, 0.25) is 10.0 Å². The zero-order valence-electron chi connectivity index (χ0n) is 15.5. The van der Waals surface area contributed by atoms with Crippen molar-refractivity contribution in [2.75, 3.05) is 43.0 Å². The van der Waals surface area contributed by atoms with E-state index in [1.165, 1.54) is 0 Å². The SMILES string of the molecule is CC(=O)N1CCN(c2ccc(NC(=O)COc3ccccc3Cl)cc2Cl)CC1. The van der Waals surface area contributed by atoms with E-state index in [-0.39, 0.29) is 18.4 Å². The fourth-order valence-electron chi connectivity index (χ4n) is 3.01. The third-order valence-corrected chi connectivity index (χ3v) is 5.11. The average molecular weight is 422 g/mol. The molecule has 3 rings (SSSR count). The van der Waals surface area contributed by atoms with Crippen LogP contribution in [-0.4, -0.2) is 49.5 Å². The normalized spacial score (nSPS) is 14.0. The first kappa shape index (κ1) is 20.3. The Morgan fingerprint density at radius 1 is 1.04 bits per heavy atom.